The molecule has 0 aliphatic carbocycles. The van der Waals surface area contributed by atoms with Gasteiger partial charge in [-0.15, -0.1) is 0 Å². The lowest BCUT2D eigenvalue weighted by molar-refractivity contribution is -0.140. The maximum atomic E-state index is 14.1. The van der Waals surface area contributed by atoms with Gasteiger partial charge in [-0.1, -0.05) is 85.0 Å². The van der Waals surface area contributed by atoms with Gasteiger partial charge < -0.3 is 10.2 Å². The first-order valence-corrected chi connectivity index (χ1v) is 15.4. The average molecular weight is 625 g/mol. The molecule has 11 heteroatoms. The van der Waals surface area contributed by atoms with Crippen LogP contribution in [-0.2, 0) is 26.2 Å². The summed E-state index contributed by atoms with van der Waals surface area (Å²) in [4.78, 5) is 28.8. The van der Waals surface area contributed by atoms with Gasteiger partial charge in [-0.25, -0.2) is 8.42 Å². The highest BCUT2D eigenvalue weighted by Crippen LogP contribution is 2.31. The van der Waals surface area contributed by atoms with Crippen LogP contribution in [0.5, 0.6) is 0 Å². The number of rotatable bonds is 12. The number of nitrogens with one attached hydrogen (secondary N) is 1. The number of halogens is 3. The van der Waals surface area contributed by atoms with Gasteiger partial charge in [0.2, 0.25) is 11.8 Å². The maximum absolute atomic E-state index is 14.1. The average Bonchev–Trinajstić information content (AvgIpc) is 2.94. The van der Waals surface area contributed by atoms with Crippen molar-refractivity contribution in [1.82, 2.24) is 10.2 Å². The molecular formula is C29H32Cl3N3O4S. The normalized spacial score (nSPS) is 12.8. The van der Waals surface area contributed by atoms with Gasteiger partial charge in [0.15, 0.2) is 0 Å². The molecule has 0 spiro atoms. The molecule has 7 nitrogen and oxygen atoms in total. The first-order chi connectivity index (χ1) is 19.0. The van der Waals surface area contributed by atoms with E-state index in [4.69, 9.17) is 34.8 Å². The third-order valence-electron chi connectivity index (χ3n) is 6.46. The summed E-state index contributed by atoms with van der Waals surface area (Å²) in [6, 6.07) is 18.2. The molecule has 2 amide bonds. The third kappa shape index (κ3) is 7.69. The molecule has 214 valence electrons. The van der Waals surface area contributed by atoms with Crippen molar-refractivity contribution in [2.24, 2.45) is 0 Å². The Morgan fingerprint density at radius 2 is 1.50 bits per heavy atom. The first-order valence-electron chi connectivity index (χ1n) is 12.9. The van der Waals surface area contributed by atoms with E-state index in [1.165, 1.54) is 23.1 Å². The monoisotopic (exact) mass is 623 g/mol. The van der Waals surface area contributed by atoms with Crippen LogP contribution >= 0.6 is 34.8 Å². The van der Waals surface area contributed by atoms with Crippen LogP contribution in [0.1, 0.15) is 39.2 Å². The predicted molar refractivity (Wildman–Crippen MR) is 161 cm³/mol. The van der Waals surface area contributed by atoms with Crippen LogP contribution in [-0.4, -0.2) is 43.8 Å². The largest absolute Gasteiger partial charge is 0.352 e. The van der Waals surface area contributed by atoms with Crippen molar-refractivity contribution in [3.63, 3.8) is 0 Å². The molecule has 0 radical (unpaired) electrons. The molecule has 1 N–H and O–H groups in total. The van der Waals surface area contributed by atoms with Gasteiger partial charge in [0, 0.05) is 12.6 Å². The molecule has 3 rings (SSSR count). The fourth-order valence-corrected chi connectivity index (χ4v) is 6.14. The molecule has 0 saturated carbocycles. The van der Waals surface area contributed by atoms with Crippen molar-refractivity contribution in [2.45, 2.75) is 57.1 Å². The zero-order valence-corrected chi connectivity index (χ0v) is 25.6. The van der Waals surface area contributed by atoms with Gasteiger partial charge in [-0.2, -0.15) is 0 Å². The number of hydrogen-bond donors (Lipinski definition) is 1. The van der Waals surface area contributed by atoms with E-state index in [-0.39, 0.29) is 34.1 Å². The number of anilines is 1. The minimum atomic E-state index is -4.20. The fourth-order valence-electron chi connectivity index (χ4n) is 4.08. The second-order valence-corrected chi connectivity index (χ2v) is 12.4. The number of para-hydroxylation sites is 1. The van der Waals surface area contributed by atoms with Gasteiger partial charge in [0.1, 0.15) is 12.6 Å². The molecule has 0 aliphatic rings. The number of benzene rings is 3. The number of amides is 2. The molecule has 0 fully saturated rings. The van der Waals surface area contributed by atoms with E-state index in [9.17, 15) is 18.0 Å². The van der Waals surface area contributed by atoms with Crippen molar-refractivity contribution in [2.75, 3.05) is 10.8 Å². The Hall–Kier alpha value is -2.78. The number of sulfonamides is 1. The van der Waals surface area contributed by atoms with Crippen LogP contribution in [0.4, 0.5) is 5.69 Å². The Balaban J connectivity index is 2.07. The Morgan fingerprint density at radius 1 is 0.850 bits per heavy atom. The zero-order valence-electron chi connectivity index (χ0n) is 22.5. The Labute approximate surface area is 251 Å². The second-order valence-electron chi connectivity index (χ2n) is 9.29. The molecule has 0 aromatic heterocycles. The van der Waals surface area contributed by atoms with E-state index in [2.05, 4.69) is 5.32 Å². The lowest BCUT2D eigenvalue weighted by atomic mass is 10.1. The van der Waals surface area contributed by atoms with Crippen LogP contribution in [0, 0.1) is 0 Å². The molecule has 0 saturated heterocycles. The summed E-state index contributed by atoms with van der Waals surface area (Å²) in [5, 5.41) is 3.75. The van der Waals surface area contributed by atoms with Crippen molar-refractivity contribution in [3.8, 4) is 0 Å². The number of hydrogen-bond acceptors (Lipinski definition) is 4. The van der Waals surface area contributed by atoms with Crippen molar-refractivity contribution in [3.05, 3.63) is 93.4 Å². The summed E-state index contributed by atoms with van der Waals surface area (Å²) in [5.41, 5.74) is 0.778. The molecule has 0 bridgehead atoms. The third-order valence-corrected chi connectivity index (χ3v) is 9.29. The molecular weight excluding hydrogens is 593 g/mol. The fraction of sp³-hybridized carbons (Fsp3) is 0.310. The predicted octanol–water partition coefficient (Wildman–Crippen LogP) is 6.56. The number of carbonyl (C=O) groups is 2. The van der Waals surface area contributed by atoms with E-state index in [1.807, 2.05) is 13.8 Å². The second kappa shape index (κ2) is 14.2. The van der Waals surface area contributed by atoms with Crippen molar-refractivity contribution >= 4 is 62.3 Å². The quantitative estimate of drug-likeness (QED) is 0.247. The minimum absolute atomic E-state index is 0.000285. The topological polar surface area (TPSA) is 86.8 Å². The molecule has 3 aromatic carbocycles. The van der Waals surface area contributed by atoms with Crippen LogP contribution in [0.2, 0.25) is 15.1 Å². The summed E-state index contributed by atoms with van der Waals surface area (Å²) in [6.07, 6.45) is 1.01. The standard InChI is InChI=1S/C29H32Cl3N3O4S/c1-4-20(3)33-29(37)26(5-2)34(18-21-15-16-23(30)25(32)17-21)28(36)19-35(27-14-10-9-13-24(27)31)40(38,39)22-11-7-6-8-12-22/h6-17,20,26H,4-5,18-19H2,1-3H3,(H,33,37)/t20-,26+/m0/s1. The first kappa shape index (κ1) is 31.7. The highest BCUT2D eigenvalue weighted by molar-refractivity contribution is 7.92. The van der Waals surface area contributed by atoms with Crippen molar-refractivity contribution < 1.29 is 18.0 Å². The lowest BCUT2D eigenvalue weighted by Crippen LogP contribution is -2.53. The lowest BCUT2D eigenvalue weighted by Gasteiger charge is -2.34. The molecule has 40 heavy (non-hydrogen) atoms. The molecule has 2 atom stereocenters. The molecule has 0 heterocycles. The molecule has 0 unspecified atom stereocenters. The number of carbonyl (C=O) groups excluding carboxylic acids is 2. The van der Waals surface area contributed by atoms with Crippen LogP contribution in [0.15, 0.2) is 77.7 Å². The van der Waals surface area contributed by atoms with Crippen molar-refractivity contribution in [1.29, 1.82) is 0 Å². The summed E-state index contributed by atoms with van der Waals surface area (Å²) >= 11 is 18.8. The smallest absolute Gasteiger partial charge is 0.264 e. The van der Waals surface area contributed by atoms with Gasteiger partial charge in [0.25, 0.3) is 10.0 Å². The highest BCUT2D eigenvalue weighted by atomic mass is 35.5. The van der Waals surface area contributed by atoms with Crippen LogP contribution in [0.25, 0.3) is 0 Å². The van der Waals surface area contributed by atoms with Gasteiger partial charge in [0.05, 0.1) is 25.7 Å². The van der Waals surface area contributed by atoms with Crippen LogP contribution in [0.3, 0.4) is 0 Å². The van der Waals surface area contributed by atoms with E-state index in [0.717, 1.165) is 4.31 Å². The summed E-state index contributed by atoms with van der Waals surface area (Å²) in [6.45, 7) is 5.03. The highest BCUT2D eigenvalue weighted by Gasteiger charge is 2.34. The number of nitrogens with zero attached hydrogens (tertiary/aromatic N) is 2. The Kier molecular flexibility index (Phi) is 11.3. The minimum Gasteiger partial charge on any atom is -0.352 e. The van der Waals surface area contributed by atoms with E-state index in [1.54, 1.807) is 61.5 Å². The Morgan fingerprint density at radius 3 is 2.10 bits per heavy atom. The SMILES string of the molecule is CC[C@H](C(=O)N[C@@H](C)CC)N(Cc1ccc(Cl)c(Cl)c1)C(=O)CN(c1ccccc1Cl)S(=O)(=O)c1ccccc1. The summed E-state index contributed by atoms with van der Waals surface area (Å²) in [5.74, 6) is -0.919. The van der Waals surface area contributed by atoms with Gasteiger partial charge in [-0.3, -0.25) is 13.9 Å². The van der Waals surface area contributed by atoms with Gasteiger partial charge >= 0.3 is 0 Å². The van der Waals surface area contributed by atoms with E-state index in [0.29, 0.717) is 28.5 Å². The molecule has 3 aromatic rings. The Bertz CT molecular complexity index is 1440. The maximum Gasteiger partial charge on any atom is 0.264 e. The zero-order chi connectivity index (χ0) is 29.4. The molecule has 0 aliphatic heterocycles. The van der Waals surface area contributed by atoms with E-state index >= 15 is 0 Å². The van der Waals surface area contributed by atoms with E-state index < -0.39 is 28.5 Å². The van der Waals surface area contributed by atoms with Gasteiger partial charge in [-0.05, 0) is 61.7 Å². The summed E-state index contributed by atoms with van der Waals surface area (Å²) < 4.78 is 28.6. The van der Waals surface area contributed by atoms with Crippen LogP contribution < -0.4 is 9.62 Å². The summed E-state index contributed by atoms with van der Waals surface area (Å²) in [7, 11) is -4.20.